The zero-order chi connectivity index (χ0) is 22.8. The van der Waals surface area contributed by atoms with Crippen molar-refractivity contribution in [2.45, 2.75) is 25.8 Å². The van der Waals surface area contributed by atoms with Crippen LogP contribution in [0, 0.1) is 0 Å². The topological polar surface area (TPSA) is 59.7 Å². The molecule has 0 fully saturated rings. The lowest BCUT2D eigenvalue weighted by Crippen LogP contribution is -2.26. The van der Waals surface area contributed by atoms with Crippen LogP contribution < -0.4 is 4.74 Å². The van der Waals surface area contributed by atoms with Crippen LogP contribution in [-0.4, -0.2) is 33.5 Å². The number of rotatable bonds is 6. The molecule has 2 aromatic carbocycles. The lowest BCUT2D eigenvalue weighted by molar-refractivity contribution is -0.132. The van der Waals surface area contributed by atoms with E-state index in [0.717, 1.165) is 39.5 Å². The van der Waals surface area contributed by atoms with Gasteiger partial charge in [-0.2, -0.15) is 21.5 Å². The fourth-order valence-electron chi connectivity index (χ4n) is 4.09. The summed E-state index contributed by atoms with van der Waals surface area (Å²) >= 11 is 1.63. The lowest BCUT2D eigenvalue weighted by Gasteiger charge is -2.21. The minimum absolute atomic E-state index is 0.00529. The number of hydrogen-bond donors (Lipinski definition) is 0. The van der Waals surface area contributed by atoms with Gasteiger partial charge in [-0.25, -0.2) is 9.69 Å². The van der Waals surface area contributed by atoms with Gasteiger partial charge < -0.3 is 4.74 Å². The summed E-state index contributed by atoms with van der Waals surface area (Å²) in [5.41, 5.74) is 5.66. The summed E-state index contributed by atoms with van der Waals surface area (Å²) in [6.45, 7) is 1.87. The van der Waals surface area contributed by atoms with E-state index in [2.05, 4.69) is 11.4 Å². The van der Waals surface area contributed by atoms with Gasteiger partial charge in [0.15, 0.2) is 0 Å². The van der Waals surface area contributed by atoms with Crippen LogP contribution in [0.2, 0.25) is 0 Å². The Labute approximate surface area is 196 Å². The predicted molar refractivity (Wildman–Crippen MR) is 131 cm³/mol. The first-order chi connectivity index (χ1) is 16.2. The predicted octanol–water partition coefficient (Wildman–Crippen LogP) is 5.70. The van der Waals surface area contributed by atoms with Gasteiger partial charge in [0.25, 0.3) is 0 Å². The summed E-state index contributed by atoms with van der Waals surface area (Å²) in [4.78, 5) is 12.9. The van der Waals surface area contributed by atoms with Crippen LogP contribution in [0.5, 0.6) is 5.75 Å². The summed E-state index contributed by atoms with van der Waals surface area (Å²) in [7, 11) is 1.65. The number of amides is 1. The van der Waals surface area contributed by atoms with E-state index < -0.39 is 0 Å². The Balaban J connectivity index is 1.64. The van der Waals surface area contributed by atoms with Crippen LogP contribution >= 0.6 is 11.3 Å². The van der Waals surface area contributed by atoms with E-state index in [1.54, 1.807) is 23.5 Å². The van der Waals surface area contributed by atoms with Gasteiger partial charge in [0.1, 0.15) is 5.75 Å². The van der Waals surface area contributed by atoms with Gasteiger partial charge >= 0.3 is 0 Å². The maximum Gasteiger partial charge on any atom is 0.242 e. The third kappa shape index (κ3) is 4.07. The molecule has 0 spiro atoms. The van der Waals surface area contributed by atoms with Crippen molar-refractivity contribution in [3.05, 3.63) is 88.7 Å². The van der Waals surface area contributed by atoms with E-state index in [9.17, 15) is 4.79 Å². The maximum atomic E-state index is 12.9. The molecule has 0 unspecified atom stereocenters. The van der Waals surface area contributed by atoms with E-state index in [-0.39, 0.29) is 11.9 Å². The van der Waals surface area contributed by atoms with E-state index in [1.807, 2.05) is 77.8 Å². The molecule has 3 heterocycles. The van der Waals surface area contributed by atoms with Crippen LogP contribution in [-0.2, 0) is 4.79 Å². The highest BCUT2D eigenvalue weighted by atomic mass is 32.1. The molecule has 0 saturated heterocycles. The molecule has 33 heavy (non-hydrogen) atoms. The maximum absolute atomic E-state index is 12.9. The second-order valence-electron chi connectivity index (χ2n) is 7.82. The van der Waals surface area contributed by atoms with E-state index >= 15 is 0 Å². The number of carbonyl (C=O) groups is 1. The molecule has 0 N–H and O–H groups in total. The first-order valence-corrected chi connectivity index (χ1v) is 11.8. The molecular weight excluding hydrogens is 432 g/mol. The van der Waals surface area contributed by atoms with Crippen molar-refractivity contribution in [1.29, 1.82) is 0 Å². The Morgan fingerprint density at radius 2 is 1.97 bits per heavy atom. The summed E-state index contributed by atoms with van der Waals surface area (Å²) in [6, 6.07) is 19.7. The van der Waals surface area contributed by atoms with Crippen LogP contribution in [0.3, 0.4) is 0 Å². The number of aromatic nitrogens is 2. The molecule has 1 atom stereocenters. The largest absolute Gasteiger partial charge is 0.497 e. The number of benzene rings is 2. The van der Waals surface area contributed by atoms with Crippen LogP contribution in [0.15, 0.2) is 82.7 Å². The highest BCUT2D eigenvalue weighted by molar-refractivity contribution is 7.08. The molecule has 1 aliphatic heterocycles. The molecule has 1 amide bonds. The Morgan fingerprint density at radius 1 is 1.12 bits per heavy atom. The normalized spacial score (nSPS) is 15.5. The van der Waals surface area contributed by atoms with Crippen molar-refractivity contribution in [2.75, 3.05) is 7.11 Å². The second kappa shape index (κ2) is 9.03. The number of hydrazone groups is 1. The molecule has 0 bridgehead atoms. The average Bonchev–Trinajstić information content (AvgIpc) is 3.63. The summed E-state index contributed by atoms with van der Waals surface area (Å²) in [6.07, 6.45) is 3.05. The molecular formula is C26H24N4O2S. The molecule has 7 heteroatoms. The molecule has 0 saturated carbocycles. The molecule has 6 nitrogen and oxygen atoms in total. The minimum Gasteiger partial charge on any atom is -0.497 e. The minimum atomic E-state index is -0.231. The molecule has 166 valence electrons. The Kier molecular flexibility index (Phi) is 5.79. The van der Waals surface area contributed by atoms with Gasteiger partial charge in [0, 0.05) is 35.7 Å². The highest BCUT2D eigenvalue weighted by Crippen LogP contribution is 2.39. The zero-order valence-corrected chi connectivity index (χ0v) is 19.3. The van der Waals surface area contributed by atoms with Crippen molar-refractivity contribution in [3.8, 4) is 22.7 Å². The van der Waals surface area contributed by atoms with Gasteiger partial charge in [0.05, 0.1) is 30.2 Å². The third-order valence-electron chi connectivity index (χ3n) is 5.79. The van der Waals surface area contributed by atoms with Crippen molar-refractivity contribution in [2.24, 2.45) is 5.10 Å². The standard InChI is InChI=1S/C26H24N4O2S/c1-3-25(31)30-24(15-23(27-30)19-12-13-33-17-19)22-16-29(20-9-5-4-6-10-20)28-26(22)18-8-7-11-21(14-18)32-2/h4-14,16-17,24H,3,15H2,1-2H3/t24-/m1/s1. The van der Waals surface area contributed by atoms with Crippen molar-refractivity contribution in [3.63, 3.8) is 0 Å². The SMILES string of the molecule is CCC(=O)N1N=C(c2ccsc2)C[C@@H]1c1cn(-c2ccccc2)nc1-c1cccc(OC)c1. The molecule has 0 aliphatic carbocycles. The molecule has 1 aliphatic rings. The van der Waals surface area contributed by atoms with Gasteiger partial charge in [-0.05, 0) is 41.1 Å². The summed E-state index contributed by atoms with van der Waals surface area (Å²) < 4.78 is 7.33. The quantitative estimate of drug-likeness (QED) is 0.374. The van der Waals surface area contributed by atoms with Crippen molar-refractivity contribution in [1.82, 2.24) is 14.8 Å². The van der Waals surface area contributed by atoms with Crippen LogP contribution in [0.25, 0.3) is 16.9 Å². The van der Waals surface area contributed by atoms with E-state index in [4.69, 9.17) is 14.9 Å². The van der Waals surface area contributed by atoms with Crippen molar-refractivity contribution >= 4 is 23.0 Å². The number of carbonyl (C=O) groups excluding carboxylic acids is 1. The van der Waals surface area contributed by atoms with Gasteiger partial charge in [-0.15, -0.1) is 0 Å². The van der Waals surface area contributed by atoms with Gasteiger partial charge in [-0.3, -0.25) is 4.79 Å². The van der Waals surface area contributed by atoms with E-state index in [0.29, 0.717) is 12.8 Å². The number of nitrogens with zero attached hydrogens (tertiary/aromatic N) is 4. The number of thiophene rings is 1. The smallest absolute Gasteiger partial charge is 0.242 e. The number of hydrogen-bond acceptors (Lipinski definition) is 5. The fraction of sp³-hybridized carbons (Fsp3) is 0.192. The molecule has 2 aromatic heterocycles. The van der Waals surface area contributed by atoms with Gasteiger partial charge in [-0.1, -0.05) is 37.3 Å². The Morgan fingerprint density at radius 3 is 2.70 bits per heavy atom. The highest BCUT2D eigenvalue weighted by Gasteiger charge is 2.35. The van der Waals surface area contributed by atoms with Gasteiger partial charge in [0.2, 0.25) is 5.91 Å². The Bertz CT molecular complexity index is 1300. The average molecular weight is 457 g/mol. The summed E-state index contributed by atoms with van der Waals surface area (Å²) in [5.74, 6) is 0.755. The number of para-hydroxylation sites is 1. The summed E-state index contributed by atoms with van der Waals surface area (Å²) in [5, 5.41) is 15.5. The van der Waals surface area contributed by atoms with Crippen molar-refractivity contribution < 1.29 is 9.53 Å². The molecule has 4 aromatic rings. The third-order valence-corrected chi connectivity index (χ3v) is 6.47. The zero-order valence-electron chi connectivity index (χ0n) is 18.5. The molecule has 5 rings (SSSR count). The van der Waals surface area contributed by atoms with Crippen LogP contribution in [0.1, 0.15) is 36.9 Å². The first kappa shape index (κ1) is 21.2. The number of methoxy groups -OCH3 is 1. The second-order valence-corrected chi connectivity index (χ2v) is 8.60. The lowest BCUT2D eigenvalue weighted by atomic mass is 9.97. The van der Waals surface area contributed by atoms with Crippen LogP contribution in [0.4, 0.5) is 0 Å². The van der Waals surface area contributed by atoms with E-state index in [1.165, 1.54) is 0 Å². The monoisotopic (exact) mass is 456 g/mol. The first-order valence-electron chi connectivity index (χ1n) is 10.9. The fourth-order valence-corrected chi connectivity index (χ4v) is 4.75. The molecule has 0 radical (unpaired) electrons. The Hall–Kier alpha value is -3.71. The number of ether oxygens (including phenoxy) is 1.